The Kier molecular flexibility index (Phi) is 4.02. The van der Waals surface area contributed by atoms with Crippen LogP contribution in [0, 0.1) is 0 Å². The average Bonchev–Trinajstić information content (AvgIpc) is 2.31. The van der Waals surface area contributed by atoms with Crippen LogP contribution in [-0.4, -0.2) is 21.0 Å². The fraction of sp³-hybridized carbons (Fsp3) is 0.143. The Morgan fingerprint density at radius 3 is 1.38 bits per heavy atom. The van der Waals surface area contributed by atoms with Crippen LogP contribution in [0.4, 0.5) is 0 Å². The first-order valence-corrected chi connectivity index (χ1v) is 14.4. The molecule has 0 aromatic heterocycles. The molecule has 0 bridgehead atoms. The zero-order chi connectivity index (χ0) is 11.4. The zero-order valence-electron chi connectivity index (χ0n) is 9.85. The molecule has 0 amide bonds. The third-order valence-corrected chi connectivity index (χ3v) is 18.6. The molecule has 0 atom stereocenters. The van der Waals surface area contributed by atoms with Gasteiger partial charge in [0.2, 0.25) is 0 Å². The normalized spacial score (nSPS) is 11.0. The van der Waals surface area contributed by atoms with Crippen LogP contribution < -0.4 is 8.79 Å². The second kappa shape index (κ2) is 5.50. The van der Waals surface area contributed by atoms with Gasteiger partial charge in [-0.1, -0.05) is 0 Å². The molecule has 16 heavy (non-hydrogen) atoms. The molecule has 2 aromatic rings. The number of hydrogen-bond donors (Lipinski definition) is 0. The van der Waals surface area contributed by atoms with Crippen molar-refractivity contribution in [1.29, 1.82) is 0 Å². The molecule has 0 heterocycles. The molecular weight excluding hydrogens is 269 g/mol. The van der Waals surface area contributed by atoms with Gasteiger partial charge in [0.1, 0.15) is 0 Å². The van der Waals surface area contributed by atoms with Gasteiger partial charge < -0.3 is 0 Å². The first-order valence-electron chi connectivity index (χ1n) is 5.76. The van der Waals surface area contributed by atoms with Gasteiger partial charge in [0.15, 0.2) is 0 Å². The van der Waals surface area contributed by atoms with E-state index in [1.54, 1.807) is 8.79 Å². The fourth-order valence-corrected chi connectivity index (χ4v) is 16.8. The van der Waals surface area contributed by atoms with Crippen LogP contribution in [0.2, 0.25) is 13.1 Å². The topological polar surface area (TPSA) is 0 Å². The Balaban J connectivity index is 2.40. The molecule has 1 radical (unpaired) electrons. The van der Waals surface area contributed by atoms with Crippen molar-refractivity contribution < 1.29 is 0 Å². The molecule has 0 nitrogen and oxygen atoms in total. The van der Waals surface area contributed by atoms with Crippen LogP contribution in [0.15, 0.2) is 60.7 Å². The quantitative estimate of drug-likeness (QED) is 0.756. The van der Waals surface area contributed by atoms with Crippen LogP contribution in [0.25, 0.3) is 0 Å². The second-order valence-corrected chi connectivity index (χ2v) is 21.0. The van der Waals surface area contributed by atoms with Gasteiger partial charge in [-0.3, -0.25) is 0 Å². The van der Waals surface area contributed by atoms with Crippen molar-refractivity contribution in [3.05, 3.63) is 60.7 Å². The van der Waals surface area contributed by atoms with E-state index in [0.717, 1.165) is 0 Å². The minimum atomic E-state index is -1.19. The first-order chi connectivity index (χ1) is 7.79. The first kappa shape index (κ1) is 11.7. The van der Waals surface area contributed by atoms with Gasteiger partial charge in [-0.05, 0) is 0 Å². The van der Waals surface area contributed by atoms with Gasteiger partial charge in [0.25, 0.3) is 0 Å². The molecule has 2 rings (SSSR count). The molecule has 0 aliphatic carbocycles. The summed E-state index contributed by atoms with van der Waals surface area (Å²) < 4.78 is 3.27. The van der Waals surface area contributed by atoms with Crippen LogP contribution in [0.3, 0.4) is 0 Å². The molecule has 0 N–H and O–H groups in total. The SMILES string of the molecule is C[SiH](C)[Ge]([c]1ccccc1)[c]1ccccc1. The Hall–Kier alpha value is -0.800. The van der Waals surface area contributed by atoms with Gasteiger partial charge in [-0.25, -0.2) is 0 Å². The van der Waals surface area contributed by atoms with Crippen LogP contribution in [0.5, 0.6) is 0 Å². The van der Waals surface area contributed by atoms with E-state index in [-0.39, 0.29) is 0 Å². The number of benzene rings is 2. The summed E-state index contributed by atoms with van der Waals surface area (Å²) in [6, 6.07) is 22.3. The summed E-state index contributed by atoms with van der Waals surface area (Å²) in [4.78, 5) is 0. The summed E-state index contributed by atoms with van der Waals surface area (Å²) in [5.74, 6) is 0. The second-order valence-electron chi connectivity index (χ2n) is 4.30. The predicted molar refractivity (Wildman–Crippen MR) is 76.8 cm³/mol. The number of rotatable bonds is 3. The van der Waals surface area contributed by atoms with Crippen molar-refractivity contribution in [3.63, 3.8) is 0 Å². The molecule has 0 aliphatic heterocycles. The third-order valence-electron chi connectivity index (χ3n) is 2.75. The van der Waals surface area contributed by atoms with Gasteiger partial charge in [-0.15, -0.1) is 0 Å². The fourth-order valence-electron chi connectivity index (χ4n) is 2.07. The van der Waals surface area contributed by atoms with Crippen molar-refractivity contribution in [1.82, 2.24) is 0 Å². The predicted octanol–water partition coefficient (Wildman–Crippen LogP) is 1.86. The number of hydrogen-bond acceptors (Lipinski definition) is 0. The summed E-state index contributed by atoms with van der Waals surface area (Å²) >= 11 is -1.19. The maximum atomic E-state index is 2.50. The van der Waals surface area contributed by atoms with Gasteiger partial charge in [-0.2, -0.15) is 0 Å². The summed E-state index contributed by atoms with van der Waals surface area (Å²) in [6.07, 6.45) is 0. The van der Waals surface area contributed by atoms with Crippen molar-refractivity contribution in [2.45, 2.75) is 13.1 Å². The molecule has 0 saturated carbocycles. The van der Waals surface area contributed by atoms with Crippen molar-refractivity contribution >= 4 is 29.8 Å². The third kappa shape index (κ3) is 2.66. The Bertz CT molecular complexity index is 386. The monoisotopic (exact) mass is 287 g/mol. The minimum absolute atomic E-state index is 0.572. The van der Waals surface area contributed by atoms with E-state index in [9.17, 15) is 0 Å². The Morgan fingerprint density at radius 1 is 0.688 bits per heavy atom. The zero-order valence-corrected chi connectivity index (χ0v) is 13.1. The maximum absolute atomic E-state index is 2.50. The molecule has 0 unspecified atom stereocenters. The summed E-state index contributed by atoms with van der Waals surface area (Å²) in [6.45, 7) is 4.99. The van der Waals surface area contributed by atoms with Crippen molar-refractivity contribution in [2.24, 2.45) is 0 Å². The van der Waals surface area contributed by atoms with E-state index in [4.69, 9.17) is 0 Å². The van der Waals surface area contributed by atoms with E-state index in [1.165, 1.54) is 0 Å². The molecule has 0 fully saturated rings. The van der Waals surface area contributed by atoms with E-state index < -0.39 is 21.0 Å². The molecule has 2 heteroatoms. The van der Waals surface area contributed by atoms with Crippen molar-refractivity contribution in [3.8, 4) is 0 Å². The van der Waals surface area contributed by atoms with Crippen LogP contribution in [-0.2, 0) is 0 Å². The van der Waals surface area contributed by atoms with Gasteiger partial charge >= 0.3 is 104 Å². The van der Waals surface area contributed by atoms with E-state index in [1.807, 2.05) is 0 Å². The van der Waals surface area contributed by atoms with E-state index >= 15 is 0 Å². The van der Waals surface area contributed by atoms with Crippen molar-refractivity contribution in [2.75, 3.05) is 0 Å². The molecule has 0 spiro atoms. The van der Waals surface area contributed by atoms with Crippen LogP contribution >= 0.6 is 0 Å². The Labute approximate surface area is 103 Å². The molecule has 2 aromatic carbocycles. The average molecular weight is 286 g/mol. The van der Waals surface area contributed by atoms with E-state index in [0.29, 0.717) is 0 Å². The molecule has 81 valence electrons. The molecular formula is C14H17GeSi. The summed E-state index contributed by atoms with van der Waals surface area (Å²) in [5.41, 5.74) is 0. The van der Waals surface area contributed by atoms with E-state index in [2.05, 4.69) is 73.8 Å². The molecule has 0 saturated heterocycles. The van der Waals surface area contributed by atoms with Gasteiger partial charge in [0, 0.05) is 0 Å². The standard InChI is InChI=1S/C14H17GeSi/c1-16(2)15(13-9-5-3-6-10-13)14-11-7-4-8-12-14/h3-12,16H,1-2H3. The summed E-state index contributed by atoms with van der Waals surface area (Å²) in [7, 11) is -0.572. The Morgan fingerprint density at radius 2 is 1.06 bits per heavy atom. The van der Waals surface area contributed by atoms with Gasteiger partial charge in [0.05, 0.1) is 0 Å². The van der Waals surface area contributed by atoms with Crippen LogP contribution in [0.1, 0.15) is 0 Å². The summed E-state index contributed by atoms with van der Waals surface area (Å²) in [5, 5.41) is 0. The molecule has 0 aliphatic rings.